The molecule has 0 saturated heterocycles. The molecule has 0 spiro atoms. The molecule has 186 valence electrons. The number of rotatable bonds is 5. The lowest BCUT2D eigenvalue weighted by Gasteiger charge is -2.22. The van der Waals surface area contributed by atoms with E-state index in [1.807, 2.05) is 72.8 Å². The van der Waals surface area contributed by atoms with Crippen LogP contribution >= 0.6 is 0 Å². The van der Waals surface area contributed by atoms with Crippen LogP contribution in [0.15, 0.2) is 103 Å². The third-order valence-electron chi connectivity index (χ3n) is 6.25. The lowest BCUT2D eigenvalue weighted by Crippen LogP contribution is -2.39. The normalized spacial score (nSPS) is 11.3. The number of likely N-dealkylation sites (N-methyl/N-ethyl adjacent to an activating group) is 1. The fourth-order valence-corrected chi connectivity index (χ4v) is 4.24. The molecule has 0 fully saturated rings. The standard InChI is InChI=1S/C32H26N4O2/c1-36(2)32(38)30(24-14-7-4-8-15-24)33-31(37)25-18-20-29-27(21-25)28(34-35-29)19-17-23-13-9-10-16-26(23)22-11-5-3-6-12-22/h3-16,18,20-21,30H,1-2H3,(H,33,37)(H,34,35). The number of amides is 2. The van der Waals surface area contributed by atoms with Gasteiger partial charge in [0.05, 0.1) is 5.52 Å². The molecule has 0 bridgehead atoms. The molecule has 0 aliphatic rings. The van der Waals surface area contributed by atoms with Gasteiger partial charge in [-0.1, -0.05) is 84.8 Å². The highest BCUT2D eigenvalue weighted by molar-refractivity contribution is 6.01. The van der Waals surface area contributed by atoms with Crippen LogP contribution in [0.4, 0.5) is 0 Å². The van der Waals surface area contributed by atoms with E-state index in [1.54, 1.807) is 32.3 Å². The first-order chi connectivity index (χ1) is 18.5. The first-order valence-corrected chi connectivity index (χ1v) is 12.2. The molecule has 1 atom stereocenters. The van der Waals surface area contributed by atoms with E-state index >= 15 is 0 Å². The van der Waals surface area contributed by atoms with E-state index in [2.05, 4.69) is 39.5 Å². The highest BCUT2D eigenvalue weighted by Crippen LogP contribution is 2.24. The summed E-state index contributed by atoms with van der Waals surface area (Å²) in [5.74, 6) is 5.86. The first kappa shape index (κ1) is 24.5. The van der Waals surface area contributed by atoms with Crippen molar-refractivity contribution in [2.75, 3.05) is 14.1 Å². The van der Waals surface area contributed by atoms with E-state index in [-0.39, 0.29) is 11.8 Å². The summed E-state index contributed by atoms with van der Waals surface area (Å²) in [6, 6.07) is 31.7. The van der Waals surface area contributed by atoms with Gasteiger partial charge in [0.2, 0.25) is 5.91 Å². The Labute approximate surface area is 221 Å². The van der Waals surface area contributed by atoms with Crippen molar-refractivity contribution in [2.24, 2.45) is 0 Å². The van der Waals surface area contributed by atoms with Crippen molar-refractivity contribution in [3.05, 3.63) is 126 Å². The highest BCUT2D eigenvalue weighted by Gasteiger charge is 2.25. The van der Waals surface area contributed by atoms with Crippen molar-refractivity contribution < 1.29 is 9.59 Å². The summed E-state index contributed by atoms with van der Waals surface area (Å²) in [5, 5.41) is 11.0. The second kappa shape index (κ2) is 10.9. The molecule has 1 aromatic heterocycles. The van der Waals surface area contributed by atoms with Gasteiger partial charge in [0.1, 0.15) is 11.7 Å². The Morgan fingerprint density at radius 3 is 2.26 bits per heavy atom. The van der Waals surface area contributed by atoms with Crippen molar-refractivity contribution in [1.29, 1.82) is 0 Å². The first-order valence-electron chi connectivity index (χ1n) is 12.2. The van der Waals surface area contributed by atoms with Crippen LogP contribution in [0.3, 0.4) is 0 Å². The summed E-state index contributed by atoms with van der Waals surface area (Å²) in [5.41, 5.74) is 5.46. The van der Waals surface area contributed by atoms with Gasteiger partial charge in [-0.05, 0) is 46.9 Å². The zero-order valence-electron chi connectivity index (χ0n) is 21.1. The van der Waals surface area contributed by atoms with Crippen LogP contribution < -0.4 is 5.32 Å². The molecule has 6 heteroatoms. The molecule has 0 saturated carbocycles. The van der Waals surface area contributed by atoms with Crippen LogP contribution in [0.5, 0.6) is 0 Å². The van der Waals surface area contributed by atoms with E-state index in [9.17, 15) is 9.59 Å². The molecule has 1 unspecified atom stereocenters. The van der Waals surface area contributed by atoms with Crippen LogP contribution in [-0.2, 0) is 4.79 Å². The Morgan fingerprint density at radius 2 is 1.53 bits per heavy atom. The third-order valence-corrected chi connectivity index (χ3v) is 6.25. The minimum absolute atomic E-state index is 0.211. The Kier molecular flexibility index (Phi) is 7.01. The largest absolute Gasteiger partial charge is 0.347 e. The van der Waals surface area contributed by atoms with Crippen LogP contribution in [0.25, 0.3) is 22.0 Å². The molecule has 0 aliphatic carbocycles. The molecular weight excluding hydrogens is 472 g/mol. The van der Waals surface area contributed by atoms with Crippen LogP contribution in [0.2, 0.25) is 0 Å². The van der Waals surface area contributed by atoms with E-state index in [0.29, 0.717) is 16.8 Å². The number of fused-ring (bicyclic) bond motifs is 1. The van der Waals surface area contributed by atoms with Gasteiger partial charge in [-0.25, -0.2) is 0 Å². The second-order valence-electron chi connectivity index (χ2n) is 9.04. The van der Waals surface area contributed by atoms with Gasteiger partial charge < -0.3 is 10.2 Å². The van der Waals surface area contributed by atoms with Crippen molar-refractivity contribution in [3.8, 4) is 23.0 Å². The molecule has 5 aromatic rings. The van der Waals surface area contributed by atoms with Gasteiger partial charge in [-0.3, -0.25) is 14.7 Å². The lowest BCUT2D eigenvalue weighted by atomic mass is 10.00. The Morgan fingerprint density at radius 1 is 0.842 bits per heavy atom. The average Bonchev–Trinajstić information content (AvgIpc) is 3.37. The zero-order valence-corrected chi connectivity index (χ0v) is 21.1. The smallest absolute Gasteiger partial charge is 0.252 e. The summed E-state index contributed by atoms with van der Waals surface area (Å²) >= 11 is 0. The molecule has 1 heterocycles. The minimum atomic E-state index is -0.799. The predicted molar refractivity (Wildman–Crippen MR) is 149 cm³/mol. The third kappa shape index (κ3) is 5.18. The summed E-state index contributed by atoms with van der Waals surface area (Å²) in [6.45, 7) is 0. The molecule has 0 aliphatic heterocycles. The maximum absolute atomic E-state index is 13.3. The summed E-state index contributed by atoms with van der Waals surface area (Å²) in [6.07, 6.45) is 0. The predicted octanol–water partition coefficient (Wildman–Crippen LogP) is 5.19. The van der Waals surface area contributed by atoms with Crippen molar-refractivity contribution >= 4 is 22.7 Å². The van der Waals surface area contributed by atoms with Crippen molar-refractivity contribution in [1.82, 2.24) is 20.4 Å². The number of aromatic nitrogens is 2. The number of aromatic amines is 1. The van der Waals surface area contributed by atoms with Crippen LogP contribution in [0.1, 0.15) is 33.2 Å². The minimum Gasteiger partial charge on any atom is -0.347 e. The van der Waals surface area contributed by atoms with Gasteiger partial charge in [0, 0.05) is 30.6 Å². The molecule has 0 radical (unpaired) electrons. The summed E-state index contributed by atoms with van der Waals surface area (Å²) < 4.78 is 0. The van der Waals surface area contributed by atoms with Gasteiger partial charge >= 0.3 is 0 Å². The molecule has 6 nitrogen and oxygen atoms in total. The topological polar surface area (TPSA) is 78.1 Å². The Balaban J connectivity index is 1.45. The maximum Gasteiger partial charge on any atom is 0.252 e. The summed E-state index contributed by atoms with van der Waals surface area (Å²) in [4.78, 5) is 27.6. The van der Waals surface area contributed by atoms with E-state index in [4.69, 9.17) is 0 Å². The van der Waals surface area contributed by atoms with Gasteiger partial charge in [0.15, 0.2) is 0 Å². The molecule has 38 heavy (non-hydrogen) atoms. The van der Waals surface area contributed by atoms with E-state index in [1.165, 1.54) is 4.90 Å². The number of hydrogen-bond acceptors (Lipinski definition) is 3. The Bertz CT molecular complexity index is 1660. The SMILES string of the molecule is CN(C)C(=O)C(NC(=O)c1ccc2[nH]nc(C#Cc3ccccc3-c3ccccc3)c2c1)c1ccccc1. The fraction of sp³-hybridized carbons (Fsp3) is 0.0938. The highest BCUT2D eigenvalue weighted by atomic mass is 16.2. The number of carbonyl (C=O) groups excluding carboxylic acids is 2. The number of hydrogen-bond donors (Lipinski definition) is 2. The fourth-order valence-electron chi connectivity index (χ4n) is 4.24. The molecule has 2 amide bonds. The van der Waals surface area contributed by atoms with Crippen molar-refractivity contribution in [3.63, 3.8) is 0 Å². The molecule has 2 N–H and O–H groups in total. The van der Waals surface area contributed by atoms with Gasteiger partial charge in [-0.15, -0.1) is 0 Å². The molecule has 4 aromatic carbocycles. The number of nitrogens with one attached hydrogen (secondary N) is 2. The number of nitrogens with zero attached hydrogens (tertiary/aromatic N) is 2. The van der Waals surface area contributed by atoms with E-state index in [0.717, 1.165) is 27.6 Å². The number of H-pyrrole nitrogens is 1. The number of carbonyl (C=O) groups is 2. The molecule has 5 rings (SSSR count). The zero-order chi connectivity index (χ0) is 26.5. The Hall–Kier alpha value is -5.15. The van der Waals surface area contributed by atoms with Gasteiger partial charge in [-0.2, -0.15) is 5.10 Å². The monoisotopic (exact) mass is 498 g/mol. The second-order valence-corrected chi connectivity index (χ2v) is 9.04. The number of benzene rings is 4. The van der Waals surface area contributed by atoms with Gasteiger partial charge in [0.25, 0.3) is 5.91 Å². The average molecular weight is 499 g/mol. The van der Waals surface area contributed by atoms with Crippen LogP contribution in [0, 0.1) is 11.8 Å². The maximum atomic E-state index is 13.3. The van der Waals surface area contributed by atoms with Crippen LogP contribution in [-0.4, -0.2) is 41.0 Å². The molecular formula is C32H26N4O2. The summed E-state index contributed by atoms with van der Waals surface area (Å²) in [7, 11) is 3.34. The van der Waals surface area contributed by atoms with E-state index < -0.39 is 6.04 Å². The quantitative estimate of drug-likeness (QED) is 0.328. The van der Waals surface area contributed by atoms with Crippen molar-refractivity contribution in [2.45, 2.75) is 6.04 Å². The lowest BCUT2D eigenvalue weighted by molar-refractivity contribution is -0.130.